The van der Waals surface area contributed by atoms with Crippen LogP contribution in [0.5, 0.6) is 5.75 Å². The Hall–Kier alpha value is -0.336. The number of phenols is 1. The number of hydrogen-bond acceptors (Lipinski definition) is 1. The van der Waals surface area contributed by atoms with Crippen molar-refractivity contribution in [2.45, 2.75) is 41.5 Å². The van der Waals surface area contributed by atoms with Gasteiger partial charge in [-0.2, -0.15) is 11.1 Å². The SMILES string of the molecule is CC1=[C-]C(C)C(C)=C1C.Cc1cc(C)cc(O)c1.Cl.Cl.[CH2]=[Ti+]. The molecule has 0 radical (unpaired) electrons. The monoisotopic (exact) mass is 377 g/mol. The molecule has 0 fully saturated rings. The second-order valence-corrected chi connectivity index (χ2v) is 5.14. The number of aryl methyl sites for hydroxylation is 2. The minimum atomic E-state index is 0. The maximum absolute atomic E-state index is 8.99. The van der Waals surface area contributed by atoms with E-state index in [1.807, 2.05) is 19.9 Å². The average Bonchev–Trinajstić information content (AvgIpc) is 2.58. The van der Waals surface area contributed by atoms with Gasteiger partial charge in [0.05, 0.1) is 0 Å². The molecule has 22 heavy (non-hydrogen) atoms. The van der Waals surface area contributed by atoms with E-state index >= 15 is 0 Å². The Morgan fingerprint density at radius 2 is 1.36 bits per heavy atom. The molecule has 1 nitrogen and oxygen atoms in total. The number of benzene rings is 1. The number of rotatable bonds is 0. The van der Waals surface area contributed by atoms with Crippen molar-refractivity contribution in [3.8, 4) is 5.75 Å². The van der Waals surface area contributed by atoms with Gasteiger partial charge < -0.3 is 5.11 Å². The molecule has 1 N–H and O–H groups in total. The second kappa shape index (κ2) is 13.1. The fourth-order valence-electron chi connectivity index (χ4n) is 2.11. The van der Waals surface area contributed by atoms with E-state index in [9.17, 15) is 0 Å². The summed E-state index contributed by atoms with van der Waals surface area (Å²) < 4.78 is 0. The zero-order valence-electron chi connectivity index (χ0n) is 14.3. The Balaban J connectivity index is -0.000000273. The summed E-state index contributed by atoms with van der Waals surface area (Å²) in [5, 5.41) is 8.99. The Bertz CT molecular complexity index is 471. The van der Waals surface area contributed by atoms with Crippen LogP contribution in [0.3, 0.4) is 0 Å². The van der Waals surface area contributed by atoms with Gasteiger partial charge in [-0.25, -0.2) is 5.57 Å². The molecule has 1 aliphatic carbocycles. The van der Waals surface area contributed by atoms with Crippen LogP contribution in [0.15, 0.2) is 34.9 Å². The van der Waals surface area contributed by atoms with E-state index in [4.69, 9.17) is 5.11 Å². The molecular formula is C18H27Cl2OTi. The predicted molar refractivity (Wildman–Crippen MR) is 99.2 cm³/mol. The van der Waals surface area contributed by atoms with Crippen molar-refractivity contribution in [3.63, 3.8) is 0 Å². The number of aromatic hydroxyl groups is 1. The zero-order chi connectivity index (χ0) is 15.9. The van der Waals surface area contributed by atoms with Crippen LogP contribution in [0.2, 0.25) is 0 Å². The van der Waals surface area contributed by atoms with Crippen molar-refractivity contribution in [2.24, 2.45) is 5.92 Å². The Kier molecular flexibility index (Phi) is 15.9. The molecule has 0 heterocycles. The summed E-state index contributed by atoms with van der Waals surface area (Å²) in [7, 11) is 0. The van der Waals surface area contributed by atoms with Crippen LogP contribution in [-0.4, -0.2) is 9.92 Å². The fraction of sp³-hybridized carbons (Fsp3) is 0.389. The molecule has 0 bridgehead atoms. The summed E-state index contributed by atoms with van der Waals surface area (Å²) in [5.41, 5.74) is 6.45. The summed E-state index contributed by atoms with van der Waals surface area (Å²) in [6.07, 6.45) is 3.36. The molecule has 1 aromatic carbocycles. The van der Waals surface area contributed by atoms with Crippen LogP contribution >= 0.6 is 24.8 Å². The molecule has 0 saturated carbocycles. The third-order valence-electron chi connectivity index (χ3n) is 3.44. The summed E-state index contributed by atoms with van der Waals surface area (Å²) >= 11 is 1.75. The standard InChI is InChI=1S/C9H13.C8H10O.CH2.2ClH.Ti/c1-6-5-7(2)9(4)8(6)3;1-6-3-7(2)5-8(9)4-6;;;;/h6H,1-4H3;3-5,9H,1-2H3;1H2;2*1H;/q-1;;;;;+1. The molecule has 123 valence electrons. The van der Waals surface area contributed by atoms with Gasteiger partial charge in [0.25, 0.3) is 0 Å². The van der Waals surface area contributed by atoms with Gasteiger partial charge in [-0.15, -0.1) is 31.7 Å². The molecule has 0 aliphatic heterocycles. The van der Waals surface area contributed by atoms with E-state index in [1.54, 1.807) is 32.1 Å². The van der Waals surface area contributed by atoms with Crippen molar-refractivity contribution in [2.75, 3.05) is 0 Å². The van der Waals surface area contributed by atoms with Gasteiger partial charge in [0.2, 0.25) is 0 Å². The molecule has 1 atom stereocenters. The normalized spacial score (nSPS) is 15.3. The number of hydrogen-bond donors (Lipinski definition) is 1. The van der Waals surface area contributed by atoms with Crippen LogP contribution in [-0.2, 0) is 20.0 Å². The first kappa shape index (κ1) is 26.6. The second-order valence-electron chi connectivity index (χ2n) is 5.14. The predicted octanol–water partition coefficient (Wildman–Crippen LogP) is 5.54. The molecular weight excluding hydrogens is 351 g/mol. The molecule has 2 rings (SSSR count). The maximum atomic E-state index is 8.99. The van der Waals surface area contributed by atoms with Crippen molar-refractivity contribution in [1.82, 2.24) is 0 Å². The van der Waals surface area contributed by atoms with E-state index in [0.717, 1.165) is 11.1 Å². The molecule has 0 aromatic heterocycles. The molecule has 0 amide bonds. The van der Waals surface area contributed by atoms with Gasteiger partial charge in [-0.1, -0.05) is 32.8 Å². The summed E-state index contributed by atoms with van der Waals surface area (Å²) in [4.78, 5) is 3.25. The number of halogens is 2. The van der Waals surface area contributed by atoms with Gasteiger partial charge in [-0.3, -0.25) is 6.08 Å². The Morgan fingerprint density at radius 1 is 0.955 bits per heavy atom. The van der Waals surface area contributed by atoms with Gasteiger partial charge in [0.1, 0.15) is 5.75 Å². The van der Waals surface area contributed by atoms with Crippen LogP contribution in [0.25, 0.3) is 0 Å². The third kappa shape index (κ3) is 8.95. The summed E-state index contributed by atoms with van der Waals surface area (Å²) in [6.45, 7) is 12.6. The minimum absolute atomic E-state index is 0. The fourth-order valence-corrected chi connectivity index (χ4v) is 2.11. The molecule has 0 spiro atoms. The first-order chi connectivity index (χ1) is 9.31. The van der Waals surface area contributed by atoms with Crippen LogP contribution in [0.4, 0.5) is 0 Å². The third-order valence-corrected chi connectivity index (χ3v) is 3.44. The quantitative estimate of drug-likeness (QED) is 0.464. The molecule has 1 aromatic rings. The van der Waals surface area contributed by atoms with Crippen LogP contribution < -0.4 is 0 Å². The molecule has 1 unspecified atom stereocenters. The van der Waals surface area contributed by atoms with Gasteiger partial charge in [0, 0.05) is 0 Å². The van der Waals surface area contributed by atoms with Crippen molar-refractivity contribution in [3.05, 3.63) is 52.1 Å². The zero-order valence-corrected chi connectivity index (χ0v) is 17.5. The molecule has 4 heteroatoms. The number of phenolic OH excluding ortho intramolecular Hbond substituents is 1. The molecule has 0 saturated heterocycles. The van der Waals surface area contributed by atoms with Gasteiger partial charge in [0.15, 0.2) is 0 Å². The van der Waals surface area contributed by atoms with E-state index in [1.165, 1.54) is 16.7 Å². The van der Waals surface area contributed by atoms with Crippen molar-refractivity contribution >= 4 is 29.6 Å². The Morgan fingerprint density at radius 3 is 1.55 bits per heavy atom. The van der Waals surface area contributed by atoms with Gasteiger partial charge in [-0.05, 0) is 37.1 Å². The van der Waals surface area contributed by atoms with Crippen molar-refractivity contribution in [1.29, 1.82) is 0 Å². The number of allylic oxidation sites excluding steroid dienone is 4. The van der Waals surface area contributed by atoms with E-state index in [2.05, 4.69) is 38.6 Å². The van der Waals surface area contributed by atoms with E-state index in [-0.39, 0.29) is 24.8 Å². The van der Waals surface area contributed by atoms with Crippen LogP contribution in [0.1, 0.15) is 38.8 Å². The first-order valence-corrected chi connectivity index (χ1v) is 7.82. The average molecular weight is 378 g/mol. The molecule has 1 aliphatic rings. The van der Waals surface area contributed by atoms with E-state index < -0.39 is 0 Å². The van der Waals surface area contributed by atoms with Gasteiger partial charge >= 0.3 is 24.8 Å². The summed E-state index contributed by atoms with van der Waals surface area (Å²) in [6, 6.07) is 5.51. The topological polar surface area (TPSA) is 20.2 Å². The Labute approximate surface area is 159 Å². The first-order valence-electron chi connectivity index (χ1n) is 6.71. The van der Waals surface area contributed by atoms with Crippen molar-refractivity contribution < 1.29 is 25.1 Å². The van der Waals surface area contributed by atoms with E-state index in [0.29, 0.717) is 11.7 Å². The summed E-state index contributed by atoms with van der Waals surface area (Å²) in [5.74, 6) is 0.914. The van der Waals surface area contributed by atoms with Crippen LogP contribution in [0, 0.1) is 25.8 Å².